The SMILES string of the molecule is C=CC(=O)N1CC[C@H](C(=O)N(C)C(C(=O)N[C@H]2Cc3cc(O)cc(c3)-c3ccc4c(c3)c(c(-c3cn(C)cn3)n4CC)CC(C)(C)COC(=O)[C@@H]3CCCN(N3)C2=O)C(C)C)C1. The van der Waals surface area contributed by atoms with E-state index >= 15 is 0 Å². The molecule has 2 aromatic heterocycles. The molecule has 330 valence electrons. The Bertz CT molecular complexity index is 2400. The molecule has 5 heterocycles. The van der Waals surface area contributed by atoms with Gasteiger partial charge in [0.1, 0.15) is 29.6 Å². The van der Waals surface area contributed by atoms with E-state index in [1.54, 1.807) is 30.4 Å². The maximum atomic E-state index is 14.6. The molecule has 0 spiro atoms. The number of benzene rings is 2. The number of hydrogen-bond acceptors (Lipinski definition) is 9. The molecule has 6 bridgehead atoms. The quantitative estimate of drug-likeness (QED) is 0.169. The van der Waals surface area contributed by atoms with Crippen LogP contribution in [0.5, 0.6) is 5.75 Å². The monoisotopic (exact) mass is 848 g/mol. The fourth-order valence-corrected chi connectivity index (χ4v) is 9.43. The fraction of sp³-hybridized carbons (Fsp3) is 0.489. The first-order valence-corrected chi connectivity index (χ1v) is 21.7. The average Bonchev–Trinajstić information content (AvgIpc) is 3.98. The van der Waals surface area contributed by atoms with Gasteiger partial charge < -0.3 is 34.1 Å². The van der Waals surface area contributed by atoms with Gasteiger partial charge in [0.25, 0.3) is 5.91 Å². The highest BCUT2D eigenvalue weighted by Crippen LogP contribution is 2.40. The van der Waals surface area contributed by atoms with Gasteiger partial charge in [-0.3, -0.25) is 29.0 Å². The Labute approximate surface area is 363 Å². The standard InChI is InChI=1S/C47H60N8O7/c1-9-40(57)53-17-15-31(24-53)44(59)52(8)41(28(3)4)43(58)49-37-20-29-18-32(21-33(56)19-29)30-13-14-39-34(22-30)35(42(54(39)10-2)38-25-51(7)27-48-38)23-47(5,6)26-62-46(61)36-12-11-16-55(50-36)45(37)60/h9,13-14,18-19,21-22,25,27-28,31,36-37,41,50,56H,1,10-12,15-17,20,23-24,26H2,2-8H3,(H,49,58)/t31-,36-,37-,41?/m0/s1. The van der Waals surface area contributed by atoms with Gasteiger partial charge in [0.2, 0.25) is 17.7 Å². The van der Waals surface area contributed by atoms with Crippen LogP contribution in [0, 0.1) is 17.3 Å². The number of phenolic OH excluding ortho intramolecular Hbond substituents is 1. The van der Waals surface area contributed by atoms with Crippen molar-refractivity contribution in [1.82, 2.24) is 39.7 Å². The number of rotatable bonds is 8. The van der Waals surface area contributed by atoms with Crippen molar-refractivity contribution in [2.24, 2.45) is 24.3 Å². The highest BCUT2D eigenvalue weighted by Gasteiger charge is 2.40. The summed E-state index contributed by atoms with van der Waals surface area (Å²) in [5.74, 6) is -2.81. The summed E-state index contributed by atoms with van der Waals surface area (Å²) < 4.78 is 10.2. The number of imidazole rings is 1. The summed E-state index contributed by atoms with van der Waals surface area (Å²) in [5.41, 5.74) is 8.69. The van der Waals surface area contributed by atoms with E-state index in [2.05, 4.69) is 54.8 Å². The molecule has 0 aliphatic carbocycles. The van der Waals surface area contributed by atoms with Crippen LogP contribution in [0.3, 0.4) is 0 Å². The number of nitrogens with one attached hydrogen (secondary N) is 2. The normalized spacial score (nSPS) is 21.1. The summed E-state index contributed by atoms with van der Waals surface area (Å²) in [6.07, 6.45) is 7.02. The fourth-order valence-electron chi connectivity index (χ4n) is 9.43. The molecule has 0 radical (unpaired) electrons. The van der Waals surface area contributed by atoms with Crippen molar-refractivity contribution in [2.75, 3.05) is 33.3 Å². The summed E-state index contributed by atoms with van der Waals surface area (Å²) in [7, 11) is 3.52. The number of ether oxygens (including phenoxy) is 1. The highest BCUT2D eigenvalue weighted by atomic mass is 16.5. The van der Waals surface area contributed by atoms with E-state index in [-0.39, 0.29) is 49.6 Å². The Morgan fingerprint density at radius 2 is 1.89 bits per heavy atom. The number of likely N-dealkylation sites (N-methyl/N-ethyl adjacent to an activating group) is 1. The van der Waals surface area contributed by atoms with Crippen molar-refractivity contribution in [3.8, 4) is 28.3 Å². The van der Waals surface area contributed by atoms with Crippen molar-refractivity contribution in [3.63, 3.8) is 0 Å². The van der Waals surface area contributed by atoms with Crippen LogP contribution in [0.4, 0.5) is 0 Å². The molecule has 0 saturated carbocycles. The first-order valence-electron chi connectivity index (χ1n) is 21.7. The van der Waals surface area contributed by atoms with Crippen LogP contribution in [-0.4, -0.2) is 115 Å². The second kappa shape index (κ2) is 17.8. The Hall–Kier alpha value is -5.96. The van der Waals surface area contributed by atoms with Crippen LogP contribution >= 0.6 is 0 Å². The summed E-state index contributed by atoms with van der Waals surface area (Å²) in [4.78, 5) is 76.8. The highest BCUT2D eigenvalue weighted by molar-refractivity contribution is 5.96. The van der Waals surface area contributed by atoms with Crippen molar-refractivity contribution >= 4 is 40.5 Å². The molecule has 4 aromatic rings. The molecule has 4 amide bonds. The van der Waals surface area contributed by atoms with Gasteiger partial charge >= 0.3 is 5.97 Å². The lowest BCUT2D eigenvalue weighted by Crippen LogP contribution is -2.62. The molecule has 15 nitrogen and oxygen atoms in total. The lowest BCUT2D eigenvalue weighted by Gasteiger charge is -2.37. The smallest absolute Gasteiger partial charge is 0.324 e. The predicted molar refractivity (Wildman–Crippen MR) is 235 cm³/mol. The van der Waals surface area contributed by atoms with Gasteiger partial charge in [0, 0.05) is 69.2 Å². The van der Waals surface area contributed by atoms with Gasteiger partial charge in [-0.05, 0) is 91.1 Å². The maximum absolute atomic E-state index is 14.6. The van der Waals surface area contributed by atoms with Crippen molar-refractivity contribution in [3.05, 3.63) is 72.7 Å². The number of aryl methyl sites for hydroxylation is 2. The molecule has 62 heavy (non-hydrogen) atoms. The van der Waals surface area contributed by atoms with E-state index in [0.717, 1.165) is 39.0 Å². The number of hydrazine groups is 1. The number of cyclic esters (lactones) is 1. The Kier molecular flexibility index (Phi) is 12.7. The van der Waals surface area contributed by atoms with Crippen molar-refractivity contribution in [2.45, 2.75) is 91.4 Å². The van der Waals surface area contributed by atoms with Crippen LogP contribution in [0.1, 0.15) is 65.0 Å². The second-order valence-corrected chi connectivity index (χ2v) is 18.3. The van der Waals surface area contributed by atoms with E-state index < -0.39 is 47.2 Å². The molecule has 7 rings (SSSR count). The van der Waals surface area contributed by atoms with E-state index in [4.69, 9.17) is 9.72 Å². The number of likely N-dealkylation sites (tertiary alicyclic amines) is 1. The second-order valence-electron chi connectivity index (χ2n) is 18.3. The third-order valence-electron chi connectivity index (χ3n) is 12.5. The molecule has 3 aliphatic rings. The number of carbonyl (C=O) groups is 5. The summed E-state index contributed by atoms with van der Waals surface area (Å²) in [5, 5.41) is 16.6. The Morgan fingerprint density at radius 3 is 2.58 bits per heavy atom. The van der Waals surface area contributed by atoms with Crippen molar-refractivity contribution in [1.29, 1.82) is 0 Å². The number of fused-ring (bicyclic) bond motifs is 6. The summed E-state index contributed by atoms with van der Waals surface area (Å²) in [6.45, 7) is 15.2. The Morgan fingerprint density at radius 1 is 1.11 bits per heavy atom. The van der Waals surface area contributed by atoms with Crippen LogP contribution in [0.25, 0.3) is 33.4 Å². The number of carbonyl (C=O) groups excluding carboxylic acids is 5. The zero-order chi connectivity index (χ0) is 44.6. The zero-order valence-corrected chi connectivity index (χ0v) is 36.9. The van der Waals surface area contributed by atoms with Crippen LogP contribution in [0.15, 0.2) is 61.6 Å². The Balaban J connectivity index is 1.28. The zero-order valence-electron chi connectivity index (χ0n) is 36.9. The molecule has 4 atom stereocenters. The topological polar surface area (TPSA) is 171 Å². The van der Waals surface area contributed by atoms with Gasteiger partial charge in [-0.1, -0.05) is 46.4 Å². The number of hydrogen-bond donors (Lipinski definition) is 3. The van der Waals surface area contributed by atoms with E-state index in [1.807, 2.05) is 43.8 Å². The number of phenols is 1. The molecule has 1 unspecified atom stereocenters. The van der Waals surface area contributed by atoms with E-state index in [1.165, 1.54) is 16.0 Å². The molecular weight excluding hydrogens is 789 g/mol. The molecule has 15 heteroatoms. The number of amides is 4. The molecule has 2 aromatic carbocycles. The van der Waals surface area contributed by atoms with Crippen LogP contribution in [0.2, 0.25) is 0 Å². The maximum Gasteiger partial charge on any atom is 0.324 e. The van der Waals surface area contributed by atoms with E-state index in [0.29, 0.717) is 44.3 Å². The third-order valence-corrected chi connectivity index (χ3v) is 12.5. The van der Waals surface area contributed by atoms with Gasteiger partial charge in [-0.2, -0.15) is 0 Å². The number of nitrogens with zero attached hydrogens (tertiary/aromatic N) is 6. The number of esters is 1. The molecule has 3 aliphatic heterocycles. The van der Waals surface area contributed by atoms with Gasteiger partial charge in [0.05, 0.1) is 24.5 Å². The lowest BCUT2D eigenvalue weighted by molar-refractivity contribution is -0.155. The molecule has 2 saturated heterocycles. The average molecular weight is 849 g/mol. The van der Waals surface area contributed by atoms with Crippen LogP contribution in [-0.2, 0) is 55.1 Å². The van der Waals surface area contributed by atoms with Crippen LogP contribution < -0.4 is 10.7 Å². The molecule has 3 N–H and O–H groups in total. The predicted octanol–water partition coefficient (Wildman–Crippen LogP) is 4.60. The third kappa shape index (κ3) is 8.99. The van der Waals surface area contributed by atoms with Gasteiger partial charge in [-0.25, -0.2) is 10.4 Å². The minimum atomic E-state index is -1.15. The first kappa shape index (κ1) is 44.1. The van der Waals surface area contributed by atoms with Gasteiger partial charge in [-0.15, -0.1) is 0 Å². The molecular formula is C47H60N8O7. The summed E-state index contributed by atoms with van der Waals surface area (Å²) in [6, 6.07) is 8.52. The first-order chi connectivity index (χ1) is 29.5. The largest absolute Gasteiger partial charge is 0.508 e. The minimum Gasteiger partial charge on any atom is -0.508 e. The number of aromatic hydroxyl groups is 1. The van der Waals surface area contributed by atoms with Gasteiger partial charge in [0.15, 0.2) is 0 Å². The van der Waals surface area contributed by atoms with Crippen molar-refractivity contribution < 1.29 is 33.8 Å². The summed E-state index contributed by atoms with van der Waals surface area (Å²) >= 11 is 0. The minimum absolute atomic E-state index is 0.000707. The number of aromatic nitrogens is 3. The molecule has 2 fully saturated rings. The van der Waals surface area contributed by atoms with E-state index in [9.17, 15) is 29.1 Å². The lowest BCUT2D eigenvalue weighted by atomic mass is 9.84.